The third-order valence-corrected chi connectivity index (χ3v) is 4.21. The highest BCUT2D eigenvalue weighted by atomic mass is 35.5. The van der Waals surface area contributed by atoms with Crippen LogP contribution in [0.5, 0.6) is 0 Å². The van der Waals surface area contributed by atoms with Gasteiger partial charge in [-0.25, -0.2) is 0 Å². The highest BCUT2D eigenvalue weighted by Crippen LogP contribution is 2.21. The Morgan fingerprint density at radius 3 is 2.50 bits per heavy atom. The molecule has 2 aromatic rings. The van der Waals surface area contributed by atoms with Gasteiger partial charge < -0.3 is 9.84 Å². The van der Waals surface area contributed by atoms with E-state index in [9.17, 15) is 4.79 Å². The van der Waals surface area contributed by atoms with Crippen molar-refractivity contribution in [1.29, 1.82) is 0 Å². The lowest BCUT2D eigenvalue weighted by molar-refractivity contribution is 0.0940. The number of nitrogens with one attached hydrogen (secondary N) is 1. The first-order valence-electron chi connectivity index (χ1n) is 7.29. The third kappa shape index (κ3) is 3.50. The molecular formula is C17H21ClN2O2. The molecule has 118 valence electrons. The highest BCUT2D eigenvalue weighted by Gasteiger charge is 2.17. The SMILES string of the molecule is Cc1cc(Cl)c(C(=O)NC(C)Cc2c(C)noc2C)cc1C. The number of benzene rings is 1. The van der Waals surface area contributed by atoms with E-state index < -0.39 is 0 Å². The van der Waals surface area contributed by atoms with Gasteiger partial charge in [0.25, 0.3) is 5.91 Å². The van der Waals surface area contributed by atoms with Crippen LogP contribution in [0.4, 0.5) is 0 Å². The summed E-state index contributed by atoms with van der Waals surface area (Å²) in [5.41, 5.74) is 4.54. The van der Waals surface area contributed by atoms with Crippen LogP contribution in [-0.4, -0.2) is 17.1 Å². The van der Waals surface area contributed by atoms with Gasteiger partial charge in [0.05, 0.1) is 16.3 Å². The predicted molar refractivity (Wildman–Crippen MR) is 87.5 cm³/mol. The van der Waals surface area contributed by atoms with Crippen LogP contribution in [0, 0.1) is 27.7 Å². The monoisotopic (exact) mass is 320 g/mol. The molecule has 1 heterocycles. The minimum atomic E-state index is -0.160. The summed E-state index contributed by atoms with van der Waals surface area (Å²) in [5, 5.41) is 7.39. The molecule has 1 N–H and O–H groups in total. The Bertz CT molecular complexity index is 687. The molecular weight excluding hydrogens is 300 g/mol. The molecule has 0 fully saturated rings. The van der Waals surface area contributed by atoms with Crippen LogP contribution in [0.1, 0.15) is 45.4 Å². The summed E-state index contributed by atoms with van der Waals surface area (Å²) >= 11 is 6.19. The number of aryl methyl sites for hydroxylation is 4. The van der Waals surface area contributed by atoms with E-state index in [2.05, 4.69) is 10.5 Å². The highest BCUT2D eigenvalue weighted by molar-refractivity contribution is 6.34. The molecule has 0 aliphatic carbocycles. The molecule has 0 saturated heterocycles. The van der Waals surface area contributed by atoms with E-state index in [1.54, 1.807) is 0 Å². The summed E-state index contributed by atoms with van der Waals surface area (Å²) in [4.78, 5) is 12.4. The van der Waals surface area contributed by atoms with Crippen LogP contribution in [-0.2, 0) is 6.42 Å². The topological polar surface area (TPSA) is 55.1 Å². The van der Waals surface area contributed by atoms with Crippen molar-refractivity contribution in [3.63, 3.8) is 0 Å². The summed E-state index contributed by atoms with van der Waals surface area (Å²) in [6.07, 6.45) is 0.676. The van der Waals surface area contributed by atoms with Crippen molar-refractivity contribution in [3.05, 3.63) is 50.9 Å². The summed E-state index contributed by atoms with van der Waals surface area (Å²) in [6, 6.07) is 3.61. The van der Waals surface area contributed by atoms with Crippen molar-refractivity contribution in [3.8, 4) is 0 Å². The van der Waals surface area contributed by atoms with E-state index in [0.717, 1.165) is 28.1 Å². The number of carbonyl (C=O) groups is 1. The van der Waals surface area contributed by atoms with Crippen molar-refractivity contribution in [2.75, 3.05) is 0 Å². The molecule has 22 heavy (non-hydrogen) atoms. The molecule has 5 heteroatoms. The van der Waals surface area contributed by atoms with Crippen molar-refractivity contribution < 1.29 is 9.32 Å². The Morgan fingerprint density at radius 2 is 1.91 bits per heavy atom. The normalized spacial score (nSPS) is 12.3. The standard InChI is InChI=1S/C17H21ClN2O2/c1-9-6-15(16(18)7-10(9)2)17(21)19-11(3)8-14-12(4)20-22-13(14)5/h6-7,11H,8H2,1-5H3,(H,19,21). The quantitative estimate of drug-likeness (QED) is 0.928. The number of hydrogen-bond donors (Lipinski definition) is 1. The first-order valence-corrected chi connectivity index (χ1v) is 7.66. The van der Waals surface area contributed by atoms with Crippen LogP contribution >= 0.6 is 11.6 Å². The molecule has 0 aliphatic heterocycles. The Balaban J connectivity index is 2.10. The number of aromatic nitrogens is 1. The second kappa shape index (κ2) is 6.53. The molecule has 4 nitrogen and oxygen atoms in total. The molecule has 0 radical (unpaired) electrons. The van der Waals surface area contributed by atoms with Crippen molar-refractivity contribution in [2.24, 2.45) is 0 Å². The largest absolute Gasteiger partial charge is 0.361 e. The molecule has 1 amide bonds. The molecule has 1 atom stereocenters. The van der Waals surface area contributed by atoms with E-state index in [4.69, 9.17) is 16.1 Å². The van der Waals surface area contributed by atoms with E-state index >= 15 is 0 Å². The first kappa shape index (κ1) is 16.6. The lowest BCUT2D eigenvalue weighted by atomic mass is 10.0. The second-order valence-electron chi connectivity index (χ2n) is 5.80. The molecule has 0 spiro atoms. The fourth-order valence-corrected chi connectivity index (χ4v) is 2.71. The maximum Gasteiger partial charge on any atom is 0.253 e. The fraction of sp³-hybridized carbons (Fsp3) is 0.412. The molecule has 1 unspecified atom stereocenters. The van der Waals surface area contributed by atoms with E-state index in [1.807, 2.05) is 46.8 Å². The lowest BCUT2D eigenvalue weighted by Gasteiger charge is -2.15. The van der Waals surface area contributed by atoms with Gasteiger partial charge in [-0.2, -0.15) is 0 Å². The van der Waals surface area contributed by atoms with E-state index in [0.29, 0.717) is 17.0 Å². The zero-order chi connectivity index (χ0) is 16.4. The van der Waals surface area contributed by atoms with Crippen LogP contribution in [0.3, 0.4) is 0 Å². The van der Waals surface area contributed by atoms with Crippen LogP contribution in [0.2, 0.25) is 5.02 Å². The summed E-state index contributed by atoms with van der Waals surface area (Å²) in [5.74, 6) is 0.634. The summed E-state index contributed by atoms with van der Waals surface area (Å²) in [6.45, 7) is 9.68. The van der Waals surface area contributed by atoms with Crippen LogP contribution in [0.15, 0.2) is 16.7 Å². The Hall–Kier alpha value is -1.81. The predicted octanol–water partition coefficient (Wildman–Crippen LogP) is 3.92. The van der Waals surface area contributed by atoms with Gasteiger partial charge in [0, 0.05) is 11.6 Å². The molecule has 1 aromatic heterocycles. The fourth-order valence-electron chi connectivity index (χ4n) is 2.41. The first-order chi connectivity index (χ1) is 10.3. The molecule has 1 aromatic carbocycles. The number of halogens is 1. The van der Waals surface area contributed by atoms with Crippen molar-refractivity contribution in [1.82, 2.24) is 10.5 Å². The van der Waals surface area contributed by atoms with Gasteiger partial charge in [-0.05, 0) is 64.3 Å². The average molecular weight is 321 g/mol. The third-order valence-electron chi connectivity index (χ3n) is 3.90. The Morgan fingerprint density at radius 1 is 1.27 bits per heavy atom. The molecule has 0 saturated carbocycles. The Kier molecular flexibility index (Phi) is 4.91. The van der Waals surface area contributed by atoms with Gasteiger partial charge in [0.15, 0.2) is 0 Å². The molecule has 2 rings (SSSR count). The number of carbonyl (C=O) groups excluding carboxylic acids is 1. The number of amides is 1. The maximum absolute atomic E-state index is 12.4. The second-order valence-corrected chi connectivity index (χ2v) is 6.20. The molecule has 0 aliphatic rings. The van der Waals surface area contributed by atoms with Crippen LogP contribution in [0.25, 0.3) is 0 Å². The van der Waals surface area contributed by atoms with Gasteiger partial charge in [-0.15, -0.1) is 0 Å². The van der Waals surface area contributed by atoms with Gasteiger partial charge >= 0.3 is 0 Å². The summed E-state index contributed by atoms with van der Waals surface area (Å²) < 4.78 is 5.15. The zero-order valence-electron chi connectivity index (χ0n) is 13.6. The minimum Gasteiger partial charge on any atom is -0.361 e. The summed E-state index contributed by atoms with van der Waals surface area (Å²) in [7, 11) is 0. The zero-order valence-corrected chi connectivity index (χ0v) is 14.3. The smallest absolute Gasteiger partial charge is 0.253 e. The van der Waals surface area contributed by atoms with Crippen LogP contribution < -0.4 is 5.32 Å². The van der Waals surface area contributed by atoms with Gasteiger partial charge in [0.1, 0.15) is 5.76 Å². The number of hydrogen-bond acceptors (Lipinski definition) is 3. The van der Waals surface area contributed by atoms with Gasteiger partial charge in [-0.1, -0.05) is 16.8 Å². The molecule has 0 bridgehead atoms. The Labute approximate surface area is 135 Å². The van der Waals surface area contributed by atoms with Crippen molar-refractivity contribution >= 4 is 17.5 Å². The number of nitrogens with zero attached hydrogens (tertiary/aromatic N) is 1. The average Bonchev–Trinajstić information content (AvgIpc) is 2.74. The maximum atomic E-state index is 12.4. The van der Waals surface area contributed by atoms with Crippen molar-refractivity contribution in [2.45, 2.75) is 47.1 Å². The number of rotatable bonds is 4. The van der Waals surface area contributed by atoms with Gasteiger partial charge in [-0.3, -0.25) is 4.79 Å². The minimum absolute atomic E-state index is 0.0398. The van der Waals surface area contributed by atoms with E-state index in [-0.39, 0.29) is 11.9 Å². The van der Waals surface area contributed by atoms with E-state index in [1.165, 1.54) is 0 Å². The lowest BCUT2D eigenvalue weighted by Crippen LogP contribution is -2.34. The van der Waals surface area contributed by atoms with Gasteiger partial charge in [0.2, 0.25) is 0 Å².